The van der Waals surface area contributed by atoms with Gasteiger partial charge in [-0.2, -0.15) is 0 Å². The van der Waals surface area contributed by atoms with Gasteiger partial charge in [-0.05, 0) is 36.4 Å². The highest BCUT2D eigenvalue weighted by Crippen LogP contribution is 2.17. The van der Waals surface area contributed by atoms with Crippen LogP contribution in [0, 0.1) is 0 Å². The smallest absolute Gasteiger partial charge is 0.335 e. The highest BCUT2D eigenvalue weighted by molar-refractivity contribution is 5.88. The number of phenols is 1. The molecule has 0 aliphatic carbocycles. The monoisotopic (exact) mass is 285 g/mol. The molecule has 3 rings (SSSR count). The predicted octanol–water partition coefficient (Wildman–Crippen LogP) is 1.71. The van der Waals surface area contributed by atoms with Gasteiger partial charge in [-0.15, -0.1) is 5.10 Å². The fraction of sp³-hybridized carbons (Fsp3) is 0.0714. The topological polar surface area (TPSA) is 97.0 Å². The molecular weight excluding hydrogens is 274 g/mol. The van der Waals surface area contributed by atoms with Crippen molar-refractivity contribution in [3.05, 3.63) is 54.0 Å². The standard InChI is InChI=1S/C14H11N3O4/c18-10-1-3-11(4-2-10)21-8-12-15-13-7-9(14(19)20)5-6-17(13)16-12/h1-7,18H,8H2,(H,19,20). The van der Waals surface area contributed by atoms with E-state index in [0.29, 0.717) is 17.2 Å². The Morgan fingerprint density at radius 3 is 2.71 bits per heavy atom. The van der Waals surface area contributed by atoms with E-state index < -0.39 is 5.97 Å². The Balaban J connectivity index is 1.78. The van der Waals surface area contributed by atoms with Crippen LogP contribution < -0.4 is 4.74 Å². The number of phenolic OH excluding ortho intramolecular Hbond substituents is 1. The second kappa shape index (κ2) is 5.12. The molecule has 106 valence electrons. The zero-order chi connectivity index (χ0) is 14.8. The molecule has 2 aromatic heterocycles. The largest absolute Gasteiger partial charge is 0.508 e. The number of aromatic nitrogens is 3. The van der Waals surface area contributed by atoms with Gasteiger partial charge in [0.15, 0.2) is 11.5 Å². The van der Waals surface area contributed by atoms with E-state index in [1.54, 1.807) is 12.1 Å². The van der Waals surface area contributed by atoms with Crippen LogP contribution in [0.2, 0.25) is 0 Å². The predicted molar refractivity (Wildman–Crippen MR) is 72.4 cm³/mol. The van der Waals surface area contributed by atoms with E-state index in [0.717, 1.165) is 0 Å². The highest BCUT2D eigenvalue weighted by atomic mass is 16.5. The molecule has 0 bridgehead atoms. The third-order valence-corrected chi connectivity index (χ3v) is 2.83. The molecular formula is C14H11N3O4. The van der Waals surface area contributed by atoms with Gasteiger partial charge in [0.05, 0.1) is 5.56 Å². The molecule has 0 saturated heterocycles. The number of hydrogen-bond donors (Lipinski definition) is 2. The van der Waals surface area contributed by atoms with Crippen molar-refractivity contribution >= 4 is 11.6 Å². The summed E-state index contributed by atoms with van der Waals surface area (Å²) in [5, 5.41) is 22.3. The normalized spacial score (nSPS) is 10.7. The van der Waals surface area contributed by atoms with Crippen molar-refractivity contribution in [2.24, 2.45) is 0 Å². The third-order valence-electron chi connectivity index (χ3n) is 2.83. The Labute approximate surface area is 119 Å². The van der Waals surface area contributed by atoms with Crippen molar-refractivity contribution in [1.29, 1.82) is 0 Å². The maximum absolute atomic E-state index is 10.9. The first kappa shape index (κ1) is 12.9. The molecule has 0 radical (unpaired) electrons. The number of carboxylic acid groups (broad SMARTS) is 1. The minimum atomic E-state index is -1.01. The lowest BCUT2D eigenvalue weighted by Crippen LogP contribution is -1.98. The molecule has 0 unspecified atom stereocenters. The van der Waals surface area contributed by atoms with Gasteiger partial charge >= 0.3 is 5.97 Å². The number of rotatable bonds is 4. The summed E-state index contributed by atoms with van der Waals surface area (Å²) in [6, 6.07) is 9.20. The van der Waals surface area contributed by atoms with Crippen molar-refractivity contribution in [1.82, 2.24) is 14.6 Å². The van der Waals surface area contributed by atoms with Gasteiger partial charge in [0.1, 0.15) is 18.1 Å². The quantitative estimate of drug-likeness (QED) is 0.757. The Morgan fingerprint density at radius 1 is 1.24 bits per heavy atom. The average Bonchev–Trinajstić information content (AvgIpc) is 2.88. The molecule has 1 aromatic carbocycles. The lowest BCUT2D eigenvalue weighted by Gasteiger charge is -2.02. The molecule has 0 fully saturated rings. The van der Waals surface area contributed by atoms with Crippen LogP contribution in [0.15, 0.2) is 42.6 Å². The van der Waals surface area contributed by atoms with Crippen LogP contribution in [0.25, 0.3) is 5.65 Å². The lowest BCUT2D eigenvalue weighted by atomic mass is 10.3. The average molecular weight is 285 g/mol. The van der Waals surface area contributed by atoms with E-state index in [1.807, 2.05) is 0 Å². The van der Waals surface area contributed by atoms with Crippen LogP contribution in [0.1, 0.15) is 16.2 Å². The molecule has 2 heterocycles. The van der Waals surface area contributed by atoms with Crippen molar-refractivity contribution in [2.75, 3.05) is 0 Å². The first-order chi connectivity index (χ1) is 10.1. The van der Waals surface area contributed by atoms with Gasteiger partial charge in [-0.1, -0.05) is 0 Å². The molecule has 7 nitrogen and oxygen atoms in total. The van der Waals surface area contributed by atoms with Gasteiger partial charge < -0.3 is 14.9 Å². The van der Waals surface area contributed by atoms with Crippen LogP contribution in [0.5, 0.6) is 11.5 Å². The SMILES string of the molecule is O=C(O)c1ccn2nc(COc3ccc(O)cc3)nc2c1. The van der Waals surface area contributed by atoms with Gasteiger partial charge in [0, 0.05) is 6.20 Å². The fourth-order valence-corrected chi connectivity index (χ4v) is 1.81. The second-order valence-corrected chi connectivity index (χ2v) is 4.33. The highest BCUT2D eigenvalue weighted by Gasteiger charge is 2.08. The van der Waals surface area contributed by atoms with Gasteiger partial charge in [0.2, 0.25) is 0 Å². The zero-order valence-corrected chi connectivity index (χ0v) is 10.8. The van der Waals surface area contributed by atoms with Crippen LogP contribution in [0.4, 0.5) is 0 Å². The minimum Gasteiger partial charge on any atom is -0.508 e. The summed E-state index contributed by atoms with van der Waals surface area (Å²) in [5.74, 6) is 0.167. The maximum Gasteiger partial charge on any atom is 0.335 e. The summed E-state index contributed by atoms with van der Waals surface area (Å²) in [4.78, 5) is 15.1. The Kier molecular flexibility index (Phi) is 3.15. The Hall–Kier alpha value is -3.09. The summed E-state index contributed by atoms with van der Waals surface area (Å²) >= 11 is 0. The number of pyridine rings is 1. The van der Waals surface area contributed by atoms with E-state index in [9.17, 15) is 9.90 Å². The first-order valence-electron chi connectivity index (χ1n) is 6.12. The number of carboxylic acids is 1. The van der Waals surface area contributed by atoms with E-state index in [1.165, 1.54) is 35.0 Å². The molecule has 0 saturated carbocycles. The number of nitrogens with zero attached hydrogens (tertiary/aromatic N) is 3. The second-order valence-electron chi connectivity index (χ2n) is 4.33. The summed E-state index contributed by atoms with van der Waals surface area (Å²) in [6.45, 7) is 0.148. The van der Waals surface area contributed by atoms with Crippen molar-refractivity contribution in [2.45, 2.75) is 6.61 Å². The molecule has 0 amide bonds. The maximum atomic E-state index is 10.9. The van der Waals surface area contributed by atoms with E-state index >= 15 is 0 Å². The number of aromatic hydroxyl groups is 1. The number of fused-ring (bicyclic) bond motifs is 1. The first-order valence-corrected chi connectivity index (χ1v) is 6.12. The minimum absolute atomic E-state index is 0.148. The number of hydrogen-bond acceptors (Lipinski definition) is 5. The lowest BCUT2D eigenvalue weighted by molar-refractivity contribution is 0.0697. The summed E-state index contributed by atoms with van der Waals surface area (Å²) in [7, 11) is 0. The molecule has 3 aromatic rings. The van der Waals surface area contributed by atoms with E-state index in [2.05, 4.69) is 10.1 Å². The molecule has 0 atom stereocenters. The Morgan fingerprint density at radius 2 is 2.00 bits per heavy atom. The van der Waals surface area contributed by atoms with Crippen molar-refractivity contribution < 1.29 is 19.7 Å². The van der Waals surface area contributed by atoms with Gasteiger partial charge in [0.25, 0.3) is 0 Å². The summed E-state index contributed by atoms with van der Waals surface area (Å²) in [5.41, 5.74) is 0.597. The summed E-state index contributed by atoms with van der Waals surface area (Å²) < 4.78 is 6.98. The van der Waals surface area contributed by atoms with Crippen LogP contribution in [-0.2, 0) is 6.61 Å². The zero-order valence-electron chi connectivity index (χ0n) is 10.8. The van der Waals surface area contributed by atoms with Crippen LogP contribution in [-0.4, -0.2) is 30.8 Å². The number of benzene rings is 1. The molecule has 7 heteroatoms. The van der Waals surface area contributed by atoms with Crippen molar-refractivity contribution in [3.8, 4) is 11.5 Å². The molecule has 0 aliphatic rings. The number of carbonyl (C=O) groups is 1. The third kappa shape index (κ3) is 2.76. The fourth-order valence-electron chi connectivity index (χ4n) is 1.81. The number of aromatic carboxylic acids is 1. The van der Waals surface area contributed by atoms with E-state index in [-0.39, 0.29) is 17.9 Å². The van der Waals surface area contributed by atoms with Crippen LogP contribution in [0.3, 0.4) is 0 Å². The van der Waals surface area contributed by atoms with Gasteiger partial charge in [-0.25, -0.2) is 14.3 Å². The molecule has 0 aliphatic heterocycles. The number of ether oxygens (including phenoxy) is 1. The molecule has 2 N–H and O–H groups in total. The Bertz CT molecular complexity index is 796. The van der Waals surface area contributed by atoms with Crippen molar-refractivity contribution in [3.63, 3.8) is 0 Å². The molecule has 0 spiro atoms. The van der Waals surface area contributed by atoms with Gasteiger partial charge in [-0.3, -0.25) is 0 Å². The summed E-state index contributed by atoms with van der Waals surface area (Å²) in [6.07, 6.45) is 1.54. The van der Waals surface area contributed by atoms with Crippen LogP contribution >= 0.6 is 0 Å². The molecule has 21 heavy (non-hydrogen) atoms. The van der Waals surface area contributed by atoms with E-state index in [4.69, 9.17) is 9.84 Å².